The first kappa shape index (κ1) is 20.1. The SMILES string of the molecule is COCCN1C(C)CN(C(=O)Cc2ccc(N3CCOCC3)cc2)CC1C. The van der Waals surface area contributed by atoms with E-state index in [0.29, 0.717) is 18.5 Å². The Morgan fingerprint density at radius 1 is 1.11 bits per heavy atom. The van der Waals surface area contributed by atoms with Gasteiger partial charge in [-0.05, 0) is 31.5 Å². The molecule has 1 aromatic rings. The summed E-state index contributed by atoms with van der Waals surface area (Å²) < 4.78 is 10.6. The number of rotatable bonds is 6. The summed E-state index contributed by atoms with van der Waals surface area (Å²) in [6, 6.07) is 9.14. The Kier molecular flexibility index (Phi) is 7.10. The molecule has 0 N–H and O–H groups in total. The molecule has 0 bridgehead atoms. The molecule has 0 aromatic heterocycles. The number of piperazine rings is 1. The summed E-state index contributed by atoms with van der Waals surface area (Å²) in [7, 11) is 1.74. The second kappa shape index (κ2) is 9.53. The second-order valence-corrected chi connectivity index (χ2v) is 7.67. The highest BCUT2D eigenvalue weighted by Crippen LogP contribution is 2.19. The summed E-state index contributed by atoms with van der Waals surface area (Å²) in [5.74, 6) is 0.221. The molecule has 150 valence electrons. The van der Waals surface area contributed by atoms with Crippen molar-refractivity contribution < 1.29 is 14.3 Å². The normalized spacial score (nSPS) is 24.3. The molecule has 0 aliphatic carbocycles. The summed E-state index contributed by atoms with van der Waals surface area (Å²) in [6.45, 7) is 11.1. The van der Waals surface area contributed by atoms with Crippen LogP contribution in [-0.2, 0) is 20.7 Å². The maximum absolute atomic E-state index is 12.8. The highest BCUT2D eigenvalue weighted by Gasteiger charge is 2.31. The number of hydrogen-bond donors (Lipinski definition) is 0. The van der Waals surface area contributed by atoms with Gasteiger partial charge in [0.05, 0.1) is 26.2 Å². The second-order valence-electron chi connectivity index (χ2n) is 7.67. The Morgan fingerprint density at radius 2 is 1.74 bits per heavy atom. The lowest BCUT2D eigenvalue weighted by molar-refractivity contribution is -0.135. The minimum Gasteiger partial charge on any atom is -0.383 e. The molecule has 2 atom stereocenters. The van der Waals surface area contributed by atoms with Crippen LogP contribution in [0.1, 0.15) is 19.4 Å². The van der Waals surface area contributed by atoms with Gasteiger partial charge < -0.3 is 19.3 Å². The van der Waals surface area contributed by atoms with E-state index in [0.717, 1.165) is 58.1 Å². The lowest BCUT2D eigenvalue weighted by Gasteiger charge is -2.44. The topological polar surface area (TPSA) is 45.2 Å². The molecule has 1 aromatic carbocycles. The Hall–Kier alpha value is -1.63. The van der Waals surface area contributed by atoms with Crippen LogP contribution >= 0.6 is 0 Å². The Bertz CT molecular complexity index is 589. The minimum absolute atomic E-state index is 0.221. The van der Waals surface area contributed by atoms with Gasteiger partial charge in [0.25, 0.3) is 0 Å². The number of nitrogens with zero attached hydrogens (tertiary/aromatic N) is 3. The van der Waals surface area contributed by atoms with Crippen molar-refractivity contribution in [2.75, 3.05) is 64.6 Å². The summed E-state index contributed by atoms with van der Waals surface area (Å²) in [5, 5.41) is 0. The van der Waals surface area contributed by atoms with Crippen molar-refractivity contribution in [2.24, 2.45) is 0 Å². The summed E-state index contributed by atoms with van der Waals surface area (Å²) in [5.41, 5.74) is 2.29. The quantitative estimate of drug-likeness (QED) is 0.756. The van der Waals surface area contributed by atoms with Crippen LogP contribution in [0.15, 0.2) is 24.3 Å². The zero-order chi connectivity index (χ0) is 19.2. The van der Waals surface area contributed by atoms with E-state index in [4.69, 9.17) is 9.47 Å². The van der Waals surface area contributed by atoms with Crippen LogP contribution in [0, 0.1) is 0 Å². The molecule has 2 aliphatic rings. The average Bonchev–Trinajstić information content (AvgIpc) is 2.68. The van der Waals surface area contributed by atoms with Crippen molar-refractivity contribution in [3.63, 3.8) is 0 Å². The van der Waals surface area contributed by atoms with Gasteiger partial charge in [-0.1, -0.05) is 12.1 Å². The highest BCUT2D eigenvalue weighted by atomic mass is 16.5. The van der Waals surface area contributed by atoms with Crippen LogP contribution in [0.25, 0.3) is 0 Å². The minimum atomic E-state index is 0.221. The predicted molar refractivity (Wildman–Crippen MR) is 107 cm³/mol. The third kappa shape index (κ3) is 5.21. The number of anilines is 1. The van der Waals surface area contributed by atoms with Crippen molar-refractivity contribution >= 4 is 11.6 Å². The summed E-state index contributed by atoms with van der Waals surface area (Å²) in [6.07, 6.45) is 0.473. The Morgan fingerprint density at radius 3 is 2.33 bits per heavy atom. The number of amides is 1. The average molecular weight is 376 g/mol. The molecule has 2 aliphatic heterocycles. The van der Waals surface area contributed by atoms with Crippen LogP contribution in [0.4, 0.5) is 5.69 Å². The molecule has 0 saturated carbocycles. The van der Waals surface area contributed by atoms with Crippen molar-refractivity contribution in [1.82, 2.24) is 9.80 Å². The van der Waals surface area contributed by atoms with Gasteiger partial charge >= 0.3 is 0 Å². The van der Waals surface area contributed by atoms with Crippen LogP contribution in [0.5, 0.6) is 0 Å². The molecule has 6 heteroatoms. The molecule has 2 unspecified atom stereocenters. The molecular formula is C21H33N3O3. The standard InChI is InChI=1S/C21H33N3O3/c1-17-15-23(16-18(2)24(17)10-11-26-3)21(25)14-19-4-6-20(7-5-19)22-8-12-27-13-9-22/h4-7,17-18H,8-16H2,1-3H3. The summed E-state index contributed by atoms with van der Waals surface area (Å²) >= 11 is 0. The van der Waals surface area contributed by atoms with Crippen molar-refractivity contribution in [3.05, 3.63) is 29.8 Å². The van der Waals surface area contributed by atoms with Gasteiger partial charge in [-0.15, -0.1) is 0 Å². The molecular weight excluding hydrogens is 342 g/mol. The molecule has 6 nitrogen and oxygen atoms in total. The van der Waals surface area contributed by atoms with Crippen LogP contribution in [-0.4, -0.2) is 87.4 Å². The maximum atomic E-state index is 12.8. The third-order valence-electron chi connectivity index (χ3n) is 5.68. The first-order chi connectivity index (χ1) is 13.1. The van der Waals surface area contributed by atoms with E-state index in [-0.39, 0.29) is 5.91 Å². The fourth-order valence-electron chi connectivity index (χ4n) is 4.13. The van der Waals surface area contributed by atoms with Crippen LogP contribution in [0.3, 0.4) is 0 Å². The lowest BCUT2D eigenvalue weighted by Crippen LogP contribution is -2.58. The van der Waals surface area contributed by atoms with Gasteiger partial charge in [-0.2, -0.15) is 0 Å². The molecule has 2 fully saturated rings. The fourth-order valence-corrected chi connectivity index (χ4v) is 4.13. The van der Waals surface area contributed by atoms with E-state index in [9.17, 15) is 4.79 Å². The molecule has 0 spiro atoms. The van der Waals surface area contributed by atoms with Crippen molar-refractivity contribution in [3.8, 4) is 0 Å². The number of methoxy groups -OCH3 is 1. The van der Waals surface area contributed by atoms with Crippen LogP contribution < -0.4 is 4.90 Å². The number of ether oxygens (including phenoxy) is 2. The molecule has 3 rings (SSSR count). The lowest BCUT2D eigenvalue weighted by atomic mass is 10.1. The van der Waals surface area contributed by atoms with E-state index < -0.39 is 0 Å². The Balaban J connectivity index is 1.54. The van der Waals surface area contributed by atoms with Crippen LogP contribution in [0.2, 0.25) is 0 Å². The zero-order valence-electron chi connectivity index (χ0n) is 16.9. The van der Waals surface area contributed by atoms with Gasteiger partial charge in [-0.25, -0.2) is 0 Å². The van der Waals surface area contributed by atoms with Gasteiger partial charge in [0.2, 0.25) is 5.91 Å². The predicted octanol–water partition coefficient (Wildman–Crippen LogP) is 1.63. The first-order valence-electron chi connectivity index (χ1n) is 10.0. The van der Waals surface area contributed by atoms with Gasteiger partial charge in [0.1, 0.15) is 0 Å². The van der Waals surface area contributed by atoms with Crippen molar-refractivity contribution in [1.29, 1.82) is 0 Å². The van der Waals surface area contributed by atoms with E-state index >= 15 is 0 Å². The third-order valence-corrected chi connectivity index (χ3v) is 5.68. The highest BCUT2D eigenvalue weighted by molar-refractivity contribution is 5.79. The van der Waals surface area contributed by atoms with E-state index in [1.54, 1.807) is 7.11 Å². The summed E-state index contributed by atoms with van der Waals surface area (Å²) in [4.78, 5) is 19.6. The number of carbonyl (C=O) groups is 1. The largest absolute Gasteiger partial charge is 0.383 e. The Labute approximate surface area is 163 Å². The number of carbonyl (C=O) groups excluding carboxylic acids is 1. The number of morpholine rings is 1. The number of benzene rings is 1. The maximum Gasteiger partial charge on any atom is 0.227 e. The fraction of sp³-hybridized carbons (Fsp3) is 0.667. The van der Waals surface area contributed by atoms with Gasteiger partial charge in [-0.3, -0.25) is 9.69 Å². The van der Waals surface area contributed by atoms with E-state index in [2.05, 4.69) is 47.9 Å². The van der Waals surface area contributed by atoms with E-state index in [1.807, 2.05) is 4.90 Å². The van der Waals surface area contributed by atoms with E-state index in [1.165, 1.54) is 5.69 Å². The van der Waals surface area contributed by atoms with Crippen molar-refractivity contribution in [2.45, 2.75) is 32.4 Å². The molecule has 2 saturated heterocycles. The molecule has 2 heterocycles. The smallest absolute Gasteiger partial charge is 0.227 e. The molecule has 1 amide bonds. The van der Waals surface area contributed by atoms with Gasteiger partial charge in [0.15, 0.2) is 0 Å². The van der Waals surface area contributed by atoms with Gasteiger partial charge in [0, 0.05) is 57.6 Å². The molecule has 27 heavy (non-hydrogen) atoms. The monoisotopic (exact) mass is 375 g/mol. The number of hydrogen-bond acceptors (Lipinski definition) is 5. The first-order valence-corrected chi connectivity index (χ1v) is 10.0. The zero-order valence-corrected chi connectivity index (χ0v) is 16.9. The molecule has 0 radical (unpaired) electrons.